The molecule has 0 aliphatic carbocycles. The topological polar surface area (TPSA) is 66.8 Å². The van der Waals surface area contributed by atoms with Crippen LogP contribution in [0.4, 0.5) is 0 Å². The molecule has 1 fully saturated rings. The van der Waals surface area contributed by atoms with E-state index in [1.807, 2.05) is 6.92 Å². The summed E-state index contributed by atoms with van der Waals surface area (Å²) in [7, 11) is 3.24. The Kier molecular flexibility index (Phi) is 5.76. The van der Waals surface area contributed by atoms with Gasteiger partial charge in [0.1, 0.15) is 5.01 Å². The average Bonchev–Trinajstić information content (AvgIpc) is 2.86. The zero-order valence-corrected chi connectivity index (χ0v) is 14.5. The highest BCUT2D eigenvalue weighted by Gasteiger charge is 2.26. The molecule has 6 nitrogen and oxygen atoms in total. The number of likely N-dealkylation sites (tertiary alicyclic amines) is 1. The van der Waals surface area contributed by atoms with Crippen LogP contribution in [0.3, 0.4) is 0 Å². The van der Waals surface area contributed by atoms with Crippen molar-refractivity contribution in [1.82, 2.24) is 15.2 Å². The highest BCUT2D eigenvalue weighted by atomic mass is 32.1. The lowest BCUT2D eigenvalue weighted by atomic mass is 9.97. The van der Waals surface area contributed by atoms with E-state index in [0.717, 1.165) is 42.6 Å². The highest BCUT2D eigenvalue weighted by Crippen LogP contribution is 2.19. The Morgan fingerprint density at radius 3 is 2.64 bits per heavy atom. The number of carbonyl (C=O) groups excluding carboxylic acids is 1. The number of esters is 1. The molecule has 0 atom stereocenters. The van der Waals surface area contributed by atoms with Crippen LogP contribution in [0.15, 0.2) is 4.99 Å². The van der Waals surface area contributed by atoms with Crippen molar-refractivity contribution < 1.29 is 9.53 Å². The van der Waals surface area contributed by atoms with E-state index in [4.69, 9.17) is 4.74 Å². The molecule has 0 unspecified atom stereocenters. The van der Waals surface area contributed by atoms with Gasteiger partial charge in [-0.1, -0.05) is 0 Å². The van der Waals surface area contributed by atoms with Gasteiger partial charge in [0, 0.05) is 25.0 Å². The normalized spacial score (nSPS) is 16.7. The fourth-order valence-corrected chi connectivity index (χ4v) is 3.47. The molecule has 0 aromatic carbocycles. The van der Waals surface area contributed by atoms with Crippen LogP contribution in [-0.4, -0.2) is 49.1 Å². The summed E-state index contributed by atoms with van der Waals surface area (Å²) in [4.78, 5) is 23.9. The van der Waals surface area contributed by atoms with E-state index in [0.29, 0.717) is 6.54 Å². The van der Waals surface area contributed by atoms with Gasteiger partial charge in [0.25, 0.3) is 0 Å². The van der Waals surface area contributed by atoms with Crippen molar-refractivity contribution in [2.24, 2.45) is 10.9 Å². The first kappa shape index (κ1) is 16.7. The monoisotopic (exact) mass is 324 g/mol. The van der Waals surface area contributed by atoms with Crippen LogP contribution in [0.1, 0.15) is 28.4 Å². The van der Waals surface area contributed by atoms with Crippen LogP contribution in [-0.2, 0) is 16.1 Å². The summed E-state index contributed by atoms with van der Waals surface area (Å²) < 4.78 is 4.82. The number of methoxy groups -OCH3 is 1. The minimum Gasteiger partial charge on any atom is -0.469 e. The fraction of sp³-hybridized carbons (Fsp3) is 0.667. The molecule has 7 heteroatoms. The Hall–Kier alpha value is -1.63. The van der Waals surface area contributed by atoms with Crippen LogP contribution in [0.25, 0.3) is 0 Å². The van der Waals surface area contributed by atoms with E-state index in [1.54, 1.807) is 18.4 Å². The third kappa shape index (κ3) is 3.97. The van der Waals surface area contributed by atoms with Crippen LogP contribution >= 0.6 is 11.3 Å². The van der Waals surface area contributed by atoms with Crippen molar-refractivity contribution >= 4 is 23.3 Å². The van der Waals surface area contributed by atoms with Crippen molar-refractivity contribution in [2.75, 3.05) is 27.2 Å². The van der Waals surface area contributed by atoms with Gasteiger partial charge in [-0.3, -0.25) is 9.79 Å². The third-order valence-corrected chi connectivity index (χ3v) is 5.08. The van der Waals surface area contributed by atoms with Crippen LogP contribution < -0.4 is 5.32 Å². The van der Waals surface area contributed by atoms with Crippen molar-refractivity contribution in [1.29, 1.82) is 0 Å². The lowest BCUT2D eigenvalue weighted by molar-refractivity contribution is -0.146. The number of carbonyl (C=O) groups is 1. The van der Waals surface area contributed by atoms with Crippen LogP contribution in [0.2, 0.25) is 0 Å². The van der Waals surface area contributed by atoms with Crippen molar-refractivity contribution in [2.45, 2.75) is 33.2 Å². The van der Waals surface area contributed by atoms with E-state index < -0.39 is 0 Å². The van der Waals surface area contributed by atoms with E-state index in [2.05, 4.69) is 27.1 Å². The van der Waals surface area contributed by atoms with Crippen LogP contribution in [0, 0.1) is 19.8 Å². The fourth-order valence-electron chi connectivity index (χ4n) is 2.60. The van der Waals surface area contributed by atoms with Gasteiger partial charge in [-0.15, -0.1) is 11.3 Å². The summed E-state index contributed by atoms with van der Waals surface area (Å²) in [5.41, 5.74) is 1.09. The van der Waals surface area contributed by atoms with Gasteiger partial charge in [-0.2, -0.15) is 0 Å². The number of hydrogen-bond acceptors (Lipinski definition) is 5. The quantitative estimate of drug-likeness (QED) is 0.521. The first-order valence-corrected chi connectivity index (χ1v) is 8.33. The number of guanidine groups is 1. The standard InChI is InChI=1S/C15H24N4O2S/c1-10-11(2)22-13(18-10)9-17-15(16-3)19-7-5-12(6-8-19)14(20)21-4/h12H,5-9H2,1-4H3,(H,16,17). The summed E-state index contributed by atoms with van der Waals surface area (Å²) in [6.45, 7) is 6.43. The highest BCUT2D eigenvalue weighted by molar-refractivity contribution is 7.11. The average molecular weight is 324 g/mol. The SMILES string of the molecule is CN=C(NCc1nc(C)c(C)s1)N1CCC(C(=O)OC)CC1. The molecule has 1 aromatic heterocycles. The molecule has 0 spiro atoms. The van der Waals surface area contributed by atoms with Gasteiger partial charge < -0.3 is 15.0 Å². The molecule has 0 saturated carbocycles. The Labute approximate surface area is 135 Å². The number of aliphatic imine (C=N–C) groups is 1. The van der Waals surface area contributed by atoms with Gasteiger partial charge in [0.05, 0.1) is 25.3 Å². The molecule has 0 radical (unpaired) electrons. The van der Waals surface area contributed by atoms with E-state index in [-0.39, 0.29) is 11.9 Å². The molecule has 2 heterocycles. The predicted molar refractivity (Wildman–Crippen MR) is 88.1 cm³/mol. The molecular formula is C15H24N4O2S. The summed E-state index contributed by atoms with van der Waals surface area (Å²) in [6.07, 6.45) is 1.62. The van der Waals surface area contributed by atoms with Gasteiger partial charge >= 0.3 is 5.97 Å². The maximum absolute atomic E-state index is 11.6. The number of hydrogen-bond donors (Lipinski definition) is 1. The molecular weight excluding hydrogens is 300 g/mol. The molecule has 122 valence electrons. The van der Waals surface area contributed by atoms with Gasteiger partial charge in [-0.25, -0.2) is 4.98 Å². The Morgan fingerprint density at radius 1 is 1.45 bits per heavy atom. The minimum absolute atomic E-state index is 0.0172. The number of nitrogens with zero attached hydrogens (tertiary/aromatic N) is 3. The summed E-state index contributed by atoms with van der Waals surface area (Å²) in [5.74, 6) is 0.786. The van der Waals surface area contributed by atoms with Crippen LogP contribution in [0.5, 0.6) is 0 Å². The molecule has 1 aliphatic rings. The van der Waals surface area contributed by atoms with Crippen molar-refractivity contribution in [3.05, 3.63) is 15.6 Å². The van der Waals surface area contributed by atoms with Crippen molar-refractivity contribution in [3.63, 3.8) is 0 Å². The molecule has 2 rings (SSSR count). The summed E-state index contributed by atoms with van der Waals surface area (Å²) in [5, 5.41) is 4.43. The number of aromatic nitrogens is 1. The van der Waals surface area contributed by atoms with E-state index in [1.165, 1.54) is 12.0 Å². The van der Waals surface area contributed by atoms with E-state index in [9.17, 15) is 4.79 Å². The number of ether oxygens (including phenoxy) is 1. The molecule has 1 N–H and O–H groups in total. The second-order valence-corrected chi connectivity index (χ2v) is 6.72. The van der Waals surface area contributed by atoms with Crippen molar-refractivity contribution in [3.8, 4) is 0 Å². The molecule has 0 amide bonds. The molecule has 1 aromatic rings. The maximum atomic E-state index is 11.6. The Morgan fingerprint density at radius 2 is 2.14 bits per heavy atom. The molecule has 1 saturated heterocycles. The smallest absolute Gasteiger partial charge is 0.308 e. The first-order valence-electron chi connectivity index (χ1n) is 7.51. The van der Waals surface area contributed by atoms with Gasteiger partial charge in [0.2, 0.25) is 0 Å². The number of aryl methyl sites for hydroxylation is 2. The molecule has 0 bridgehead atoms. The molecule has 1 aliphatic heterocycles. The van der Waals surface area contributed by atoms with E-state index >= 15 is 0 Å². The van der Waals surface area contributed by atoms with Gasteiger partial charge in [-0.05, 0) is 26.7 Å². The maximum Gasteiger partial charge on any atom is 0.308 e. The second-order valence-electron chi connectivity index (χ2n) is 5.43. The Bertz CT molecular complexity index is 528. The predicted octanol–water partition coefficient (Wildman–Crippen LogP) is 1.72. The molecule has 22 heavy (non-hydrogen) atoms. The first-order chi connectivity index (χ1) is 10.5. The lowest BCUT2D eigenvalue weighted by Crippen LogP contribution is -2.46. The second kappa shape index (κ2) is 7.58. The Balaban J connectivity index is 1.86. The zero-order valence-electron chi connectivity index (χ0n) is 13.7. The lowest BCUT2D eigenvalue weighted by Gasteiger charge is -2.33. The third-order valence-electron chi connectivity index (χ3n) is 4.01. The zero-order chi connectivity index (χ0) is 16.1. The summed E-state index contributed by atoms with van der Waals surface area (Å²) >= 11 is 1.71. The number of nitrogens with one attached hydrogen (secondary N) is 1. The number of rotatable bonds is 3. The minimum atomic E-state index is -0.101. The number of thiazole rings is 1. The van der Waals surface area contributed by atoms with Gasteiger partial charge in [0.15, 0.2) is 5.96 Å². The largest absolute Gasteiger partial charge is 0.469 e. The number of piperidine rings is 1. The summed E-state index contributed by atoms with van der Waals surface area (Å²) in [6, 6.07) is 0.